The predicted octanol–water partition coefficient (Wildman–Crippen LogP) is -0.281. The first-order valence-corrected chi connectivity index (χ1v) is 7.15. The summed E-state index contributed by atoms with van der Waals surface area (Å²) in [4.78, 5) is 0. The zero-order valence-corrected chi connectivity index (χ0v) is 12.0. The quantitative estimate of drug-likeness (QED) is 0.512. The van der Waals surface area contributed by atoms with E-state index in [0.29, 0.717) is 6.42 Å². The molecule has 1 heterocycles. The Balaban J connectivity index is 1.94. The fourth-order valence-corrected chi connectivity index (χ4v) is 2.60. The van der Waals surface area contributed by atoms with Crippen molar-refractivity contribution in [1.82, 2.24) is 0 Å². The van der Waals surface area contributed by atoms with Crippen LogP contribution in [0.2, 0.25) is 0 Å². The maximum Gasteiger partial charge on any atom is 0.111 e. The van der Waals surface area contributed by atoms with E-state index >= 15 is 0 Å². The monoisotopic (exact) mass is 297 g/mol. The van der Waals surface area contributed by atoms with Crippen molar-refractivity contribution in [3.63, 3.8) is 0 Å². The van der Waals surface area contributed by atoms with Crippen molar-refractivity contribution < 1.29 is 25.2 Å². The molecule has 5 N–H and O–H groups in total. The summed E-state index contributed by atoms with van der Waals surface area (Å²) < 4.78 is 5.49. The lowest BCUT2D eigenvalue weighted by Gasteiger charge is -2.41. The molecule has 0 saturated carbocycles. The summed E-state index contributed by atoms with van der Waals surface area (Å²) in [7, 11) is 0. The van der Waals surface area contributed by atoms with E-state index in [0.717, 1.165) is 5.69 Å². The number of rotatable bonds is 5. The van der Waals surface area contributed by atoms with E-state index in [-0.39, 0.29) is 6.04 Å². The molecule has 118 valence electrons. The largest absolute Gasteiger partial charge is 0.394 e. The van der Waals surface area contributed by atoms with Crippen LogP contribution in [0.4, 0.5) is 5.69 Å². The molecule has 1 saturated heterocycles. The molecule has 1 aromatic carbocycles. The molecule has 0 radical (unpaired) electrons. The number of nitrogens with one attached hydrogen (secondary N) is 1. The van der Waals surface area contributed by atoms with Crippen LogP contribution in [0.25, 0.3) is 0 Å². The SMILES string of the molecule is CC(C[C@H]1O[C@H](CO)[C@H](O)[C@H](O)[C@H]1O)Nc1ccccc1. The molecule has 1 unspecified atom stereocenters. The molecule has 21 heavy (non-hydrogen) atoms. The molecule has 0 aliphatic carbocycles. The molecule has 1 aliphatic heterocycles. The number of hydrogen-bond acceptors (Lipinski definition) is 6. The van der Waals surface area contributed by atoms with Crippen LogP contribution in [0, 0.1) is 0 Å². The van der Waals surface area contributed by atoms with Crippen LogP contribution in [0.5, 0.6) is 0 Å². The highest BCUT2D eigenvalue weighted by atomic mass is 16.5. The Morgan fingerprint density at radius 3 is 2.29 bits per heavy atom. The average molecular weight is 297 g/mol. The van der Waals surface area contributed by atoms with E-state index in [1.54, 1.807) is 0 Å². The van der Waals surface area contributed by atoms with Gasteiger partial charge in [-0.1, -0.05) is 18.2 Å². The Hall–Kier alpha value is -1.18. The molecule has 6 heteroatoms. The molecule has 6 atom stereocenters. The minimum absolute atomic E-state index is 0.00571. The summed E-state index contributed by atoms with van der Waals surface area (Å²) in [5.41, 5.74) is 0.953. The normalized spacial score (nSPS) is 34.4. The summed E-state index contributed by atoms with van der Waals surface area (Å²) in [5, 5.41) is 41.9. The second-order valence-electron chi connectivity index (χ2n) is 5.51. The van der Waals surface area contributed by atoms with Gasteiger partial charge in [0.15, 0.2) is 0 Å². The number of hydrogen-bond donors (Lipinski definition) is 5. The second-order valence-corrected chi connectivity index (χ2v) is 5.51. The van der Waals surface area contributed by atoms with Crippen molar-refractivity contribution in [3.05, 3.63) is 30.3 Å². The van der Waals surface area contributed by atoms with E-state index in [1.165, 1.54) is 0 Å². The Kier molecular flexibility index (Phi) is 5.55. The minimum atomic E-state index is -1.31. The van der Waals surface area contributed by atoms with Gasteiger partial charge in [-0.2, -0.15) is 0 Å². The minimum Gasteiger partial charge on any atom is -0.394 e. The average Bonchev–Trinajstić information content (AvgIpc) is 2.49. The molecule has 1 aliphatic rings. The first kappa shape index (κ1) is 16.2. The molecular formula is C15H23NO5. The van der Waals surface area contributed by atoms with Gasteiger partial charge in [0.1, 0.15) is 24.4 Å². The topological polar surface area (TPSA) is 102 Å². The number of para-hydroxylation sites is 1. The van der Waals surface area contributed by atoms with Gasteiger partial charge in [0, 0.05) is 11.7 Å². The predicted molar refractivity (Wildman–Crippen MR) is 77.9 cm³/mol. The van der Waals surface area contributed by atoms with Gasteiger partial charge in [0.25, 0.3) is 0 Å². The van der Waals surface area contributed by atoms with Gasteiger partial charge in [0.2, 0.25) is 0 Å². The van der Waals surface area contributed by atoms with Crippen molar-refractivity contribution in [1.29, 1.82) is 0 Å². The molecule has 0 spiro atoms. The van der Waals surface area contributed by atoms with Crippen molar-refractivity contribution >= 4 is 5.69 Å². The fourth-order valence-electron chi connectivity index (χ4n) is 2.60. The first-order chi connectivity index (χ1) is 10.0. The van der Waals surface area contributed by atoms with Crippen molar-refractivity contribution in [2.45, 2.75) is 49.9 Å². The highest BCUT2D eigenvalue weighted by Crippen LogP contribution is 2.24. The fraction of sp³-hybridized carbons (Fsp3) is 0.600. The third-order valence-electron chi connectivity index (χ3n) is 3.76. The van der Waals surface area contributed by atoms with E-state index in [1.807, 2.05) is 37.3 Å². The number of ether oxygens (including phenoxy) is 1. The van der Waals surface area contributed by atoms with Gasteiger partial charge in [-0.15, -0.1) is 0 Å². The van der Waals surface area contributed by atoms with Crippen molar-refractivity contribution in [2.24, 2.45) is 0 Å². The summed E-state index contributed by atoms with van der Waals surface area (Å²) in [6, 6.07) is 9.63. The molecule has 1 aromatic rings. The Morgan fingerprint density at radius 2 is 1.67 bits per heavy atom. The number of benzene rings is 1. The second kappa shape index (κ2) is 7.20. The Labute approximate surface area is 124 Å². The highest BCUT2D eigenvalue weighted by Gasteiger charge is 2.43. The van der Waals surface area contributed by atoms with Gasteiger partial charge in [0.05, 0.1) is 12.7 Å². The zero-order valence-electron chi connectivity index (χ0n) is 12.0. The number of aliphatic hydroxyl groups excluding tert-OH is 4. The summed E-state index contributed by atoms with van der Waals surface area (Å²) in [6.07, 6.45) is -4.86. The van der Waals surface area contributed by atoms with Crippen LogP contribution in [0.15, 0.2) is 30.3 Å². The third kappa shape index (κ3) is 3.93. The van der Waals surface area contributed by atoms with Crippen LogP contribution in [-0.4, -0.2) is 63.6 Å². The number of anilines is 1. The standard InChI is InChI=1S/C15H23NO5/c1-9(16-10-5-3-2-4-6-10)7-11-13(18)15(20)14(19)12(8-17)21-11/h2-6,9,11-20H,7-8H2,1H3/t9?,11-,12-,13+,14+,15-/m1/s1. The summed E-state index contributed by atoms with van der Waals surface area (Å²) in [6.45, 7) is 1.54. The molecule has 6 nitrogen and oxygen atoms in total. The number of aliphatic hydroxyl groups is 4. The van der Waals surface area contributed by atoms with Crippen LogP contribution in [0.3, 0.4) is 0 Å². The lowest BCUT2D eigenvalue weighted by atomic mass is 9.92. The molecule has 0 aromatic heterocycles. The smallest absolute Gasteiger partial charge is 0.111 e. The van der Waals surface area contributed by atoms with Crippen LogP contribution in [-0.2, 0) is 4.74 Å². The van der Waals surface area contributed by atoms with Crippen LogP contribution >= 0.6 is 0 Å². The summed E-state index contributed by atoms with van der Waals surface area (Å²) >= 11 is 0. The zero-order chi connectivity index (χ0) is 15.4. The maximum atomic E-state index is 9.99. The Morgan fingerprint density at radius 1 is 1.05 bits per heavy atom. The lowest BCUT2D eigenvalue weighted by molar-refractivity contribution is -0.230. The molecular weight excluding hydrogens is 274 g/mol. The van der Waals surface area contributed by atoms with E-state index in [9.17, 15) is 15.3 Å². The molecule has 0 amide bonds. The van der Waals surface area contributed by atoms with E-state index < -0.39 is 37.1 Å². The van der Waals surface area contributed by atoms with Gasteiger partial charge >= 0.3 is 0 Å². The lowest BCUT2D eigenvalue weighted by Crippen LogP contribution is -2.59. The molecule has 0 bridgehead atoms. The molecule has 2 rings (SSSR count). The van der Waals surface area contributed by atoms with E-state index in [2.05, 4.69) is 5.32 Å². The van der Waals surface area contributed by atoms with Crippen molar-refractivity contribution in [3.8, 4) is 0 Å². The van der Waals surface area contributed by atoms with Crippen LogP contribution in [0.1, 0.15) is 13.3 Å². The van der Waals surface area contributed by atoms with Gasteiger partial charge < -0.3 is 30.5 Å². The third-order valence-corrected chi connectivity index (χ3v) is 3.76. The summed E-state index contributed by atoms with van der Waals surface area (Å²) in [5.74, 6) is 0. The first-order valence-electron chi connectivity index (χ1n) is 7.15. The van der Waals surface area contributed by atoms with E-state index in [4.69, 9.17) is 9.84 Å². The molecule has 1 fully saturated rings. The van der Waals surface area contributed by atoms with Gasteiger partial charge in [-0.25, -0.2) is 0 Å². The highest BCUT2D eigenvalue weighted by molar-refractivity contribution is 5.43. The van der Waals surface area contributed by atoms with Gasteiger partial charge in [-0.3, -0.25) is 0 Å². The van der Waals surface area contributed by atoms with Crippen molar-refractivity contribution in [2.75, 3.05) is 11.9 Å². The maximum absolute atomic E-state index is 9.99. The van der Waals surface area contributed by atoms with Gasteiger partial charge in [-0.05, 0) is 25.5 Å². The van der Waals surface area contributed by atoms with Crippen LogP contribution < -0.4 is 5.32 Å². The Bertz CT molecular complexity index is 427.